The lowest BCUT2D eigenvalue weighted by Gasteiger charge is -2.33. The molecule has 0 aromatic carbocycles. The van der Waals surface area contributed by atoms with E-state index in [2.05, 4.69) is 27.4 Å². The molecular formula is C19H34O3. The lowest BCUT2D eigenvalue weighted by molar-refractivity contribution is -0.157. The summed E-state index contributed by atoms with van der Waals surface area (Å²) >= 11 is 0. The van der Waals surface area contributed by atoms with E-state index in [1.807, 2.05) is 20.8 Å². The zero-order valence-corrected chi connectivity index (χ0v) is 15.4. The van der Waals surface area contributed by atoms with E-state index in [-0.39, 0.29) is 17.0 Å². The van der Waals surface area contributed by atoms with Gasteiger partial charge in [-0.1, -0.05) is 26.3 Å². The van der Waals surface area contributed by atoms with E-state index in [1.54, 1.807) is 0 Å². The third-order valence-corrected chi connectivity index (χ3v) is 4.45. The summed E-state index contributed by atoms with van der Waals surface area (Å²) in [5.74, 6) is 0.703. The van der Waals surface area contributed by atoms with Crippen LogP contribution in [0.1, 0.15) is 86.5 Å². The third kappa shape index (κ3) is 6.41. The minimum atomic E-state index is -0.422. The molecule has 0 saturated heterocycles. The molecule has 0 radical (unpaired) electrons. The zero-order chi connectivity index (χ0) is 17.0. The lowest BCUT2D eigenvalue weighted by atomic mass is 9.79. The molecule has 0 unspecified atom stereocenters. The molecule has 1 aliphatic rings. The maximum atomic E-state index is 12.3. The van der Waals surface area contributed by atoms with Gasteiger partial charge in [0, 0.05) is 6.42 Å². The Balaban J connectivity index is 2.68. The Labute approximate surface area is 136 Å². The molecule has 0 heterocycles. The van der Waals surface area contributed by atoms with Crippen LogP contribution >= 0.6 is 0 Å². The number of carbonyl (C=O) groups excluding carboxylic acids is 1. The number of hydrogen-bond donors (Lipinski definition) is 0. The number of esters is 1. The van der Waals surface area contributed by atoms with Crippen LogP contribution in [0.25, 0.3) is 0 Å². The Morgan fingerprint density at radius 1 is 1.05 bits per heavy atom. The topological polar surface area (TPSA) is 35.5 Å². The quantitative estimate of drug-likeness (QED) is 0.467. The molecule has 1 rings (SSSR count). The molecule has 0 amide bonds. The maximum absolute atomic E-state index is 12.3. The molecule has 0 N–H and O–H groups in total. The van der Waals surface area contributed by atoms with Crippen molar-refractivity contribution in [2.45, 2.75) is 97.7 Å². The molecule has 0 aromatic heterocycles. The highest BCUT2D eigenvalue weighted by Crippen LogP contribution is 2.46. The van der Waals surface area contributed by atoms with Gasteiger partial charge in [-0.25, -0.2) is 0 Å². The normalized spacial score (nSPS) is 18.1. The molecule has 0 bridgehead atoms. The first-order valence-corrected chi connectivity index (χ1v) is 8.56. The highest BCUT2D eigenvalue weighted by atomic mass is 16.6. The van der Waals surface area contributed by atoms with Crippen molar-refractivity contribution in [3.05, 3.63) is 12.3 Å². The highest BCUT2D eigenvalue weighted by Gasteiger charge is 2.38. The molecule has 3 heteroatoms. The second kappa shape index (κ2) is 7.06. The first-order chi connectivity index (χ1) is 9.97. The Hall–Kier alpha value is -0.990. The second-order valence-electron chi connectivity index (χ2n) is 8.40. The first-order valence-electron chi connectivity index (χ1n) is 8.56. The molecule has 0 aromatic rings. The van der Waals surface area contributed by atoms with Crippen molar-refractivity contribution in [2.75, 3.05) is 0 Å². The van der Waals surface area contributed by atoms with E-state index in [1.165, 1.54) is 12.8 Å². The van der Waals surface area contributed by atoms with Crippen LogP contribution in [0.4, 0.5) is 0 Å². The number of allylic oxidation sites excluding steroid dienone is 1. The number of carbonyl (C=O) groups is 1. The van der Waals surface area contributed by atoms with E-state index in [0.29, 0.717) is 6.42 Å². The van der Waals surface area contributed by atoms with Gasteiger partial charge in [-0.05, 0) is 59.3 Å². The van der Waals surface area contributed by atoms with E-state index < -0.39 is 5.60 Å². The van der Waals surface area contributed by atoms with Crippen molar-refractivity contribution in [3.8, 4) is 0 Å². The van der Waals surface area contributed by atoms with Crippen molar-refractivity contribution >= 4 is 5.97 Å². The van der Waals surface area contributed by atoms with Gasteiger partial charge in [0.25, 0.3) is 0 Å². The van der Waals surface area contributed by atoms with Crippen molar-refractivity contribution < 1.29 is 14.3 Å². The van der Waals surface area contributed by atoms with Crippen LogP contribution in [-0.4, -0.2) is 17.2 Å². The third-order valence-electron chi connectivity index (χ3n) is 4.45. The minimum absolute atomic E-state index is 0.0246. The number of rotatable bonds is 7. The predicted molar refractivity (Wildman–Crippen MR) is 90.6 cm³/mol. The van der Waals surface area contributed by atoms with Crippen LogP contribution in [0.3, 0.4) is 0 Å². The fourth-order valence-electron chi connectivity index (χ4n) is 3.14. The molecule has 0 aliphatic heterocycles. The second-order valence-corrected chi connectivity index (χ2v) is 8.40. The van der Waals surface area contributed by atoms with E-state index in [9.17, 15) is 4.79 Å². The molecule has 1 fully saturated rings. The van der Waals surface area contributed by atoms with Gasteiger partial charge < -0.3 is 9.47 Å². The van der Waals surface area contributed by atoms with Crippen molar-refractivity contribution in [1.82, 2.24) is 0 Å². The van der Waals surface area contributed by atoms with Gasteiger partial charge in [-0.3, -0.25) is 4.79 Å². The van der Waals surface area contributed by atoms with Gasteiger partial charge in [-0.2, -0.15) is 0 Å². The summed E-state index contributed by atoms with van der Waals surface area (Å²) in [5.41, 5.74) is -0.638. The van der Waals surface area contributed by atoms with Gasteiger partial charge in [0.05, 0.1) is 12.2 Å². The Kier molecular flexibility index (Phi) is 6.11. The van der Waals surface area contributed by atoms with Crippen molar-refractivity contribution in [3.63, 3.8) is 0 Å². The predicted octanol–water partition coefficient (Wildman–Crippen LogP) is 5.39. The minimum Gasteiger partial charge on any atom is -0.493 e. The van der Waals surface area contributed by atoms with E-state index >= 15 is 0 Å². The fourth-order valence-corrected chi connectivity index (χ4v) is 3.14. The standard InChI is InChI=1S/C19H34O3/c1-8-18(6,7)21-15(2)13-19(11-9-10-12-19)14-16(20)22-17(3,4)5/h2,8-14H2,1,3-7H3. The van der Waals surface area contributed by atoms with Crippen LogP contribution in [0, 0.1) is 5.41 Å². The van der Waals surface area contributed by atoms with Crippen LogP contribution in [0.15, 0.2) is 12.3 Å². The molecule has 3 nitrogen and oxygen atoms in total. The van der Waals surface area contributed by atoms with Crippen LogP contribution in [0.2, 0.25) is 0 Å². The average molecular weight is 310 g/mol. The van der Waals surface area contributed by atoms with Crippen LogP contribution in [0.5, 0.6) is 0 Å². The Morgan fingerprint density at radius 3 is 2.05 bits per heavy atom. The maximum Gasteiger partial charge on any atom is 0.306 e. The first kappa shape index (κ1) is 19.1. The van der Waals surface area contributed by atoms with E-state index in [4.69, 9.17) is 9.47 Å². The Morgan fingerprint density at radius 2 is 1.59 bits per heavy atom. The zero-order valence-electron chi connectivity index (χ0n) is 15.4. The summed E-state index contributed by atoms with van der Waals surface area (Å²) in [6.45, 7) is 16.1. The molecule has 22 heavy (non-hydrogen) atoms. The SMILES string of the molecule is C=C(CC1(CC(=O)OC(C)(C)C)CCCC1)OC(C)(C)CC. The highest BCUT2D eigenvalue weighted by molar-refractivity contribution is 5.70. The number of ether oxygens (including phenoxy) is 2. The summed E-state index contributed by atoms with van der Waals surface area (Å²) in [6, 6.07) is 0. The summed E-state index contributed by atoms with van der Waals surface area (Å²) in [7, 11) is 0. The molecule has 1 aliphatic carbocycles. The van der Waals surface area contributed by atoms with E-state index in [0.717, 1.165) is 31.4 Å². The monoisotopic (exact) mass is 310 g/mol. The summed E-state index contributed by atoms with van der Waals surface area (Å²) in [6.07, 6.45) is 6.63. The van der Waals surface area contributed by atoms with Gasteiger partial charge in [0.15, 0.2) is 0 Å². The fraction of sp³-hybridized carbons (Fsp3) is 0.842. The molecule has 0 spiro atoms. The molecule has 1 saturated carbocycles. The van der Waals surface area contributed by atoms with Gasteiger partial charge >= 0.3 is 5.97 Å². The smallest absolute Gasteiger partial charge is 0.306 e. The summed E-state index contributed by atoms with van der Waals surface area (Å²) in [4.78, 5) is 12.3. The molecule has 0 atom stereocenters. The average Bonchev–Trinajstić information content (AvgIpc) is 2.73. The Bertz CT molecular complexity index is 395. The van der Waals surface area contributed by atoms with Crippen molar-refractivity contribution in [2.24, 2.45) is 5.41 Å². The summed E-state index contributed by atoms with van der Waals surface area (Å²) < 4.78 is 11.5. The number of hydrogen-bond acceptors (Lipinski definition) is 3. The van der Waals surface area contributed by atoms with Crippen LogP contribution < -0.4 is 0 Å². The van der Waals surface area contributed by atoms with Gasteiger partial charge in [0.1, 0.15) is 11.2 Å². The lowest BCUT2D eigenvalue weighted by Crippen LogP contribution is -2.30. The summed E-state index contributed by atoms with van der Waals surface area (Å²) in [5, 5.41) is 0. The molecular weight excluding hydrogens is 276 g/mol. The largest absolute Gasteiger partial charge is 0.493 e. The van der Waals surface area contributed by atoms with Crippen LogP contribution in [-0.2, 0) is 14.3 Å². The van der Waals surface area contributed by atoms with Crippen molar-refractivity contribution in [1.29, 1.82) is 0 Å². The van der Waals surface area contributed by atoms with Gasteiger partial charge in [0.2, 0.25) is 0 Å². The molecule has 128 valence electrons. The van der Waals surface area contributed by atoms with Gasteiger partial charge in [-0.15, -0.1) is 0 Å².